The molecule has 23 heteroatoms. The van der Waals surface area contributed by atoms with Crippen molar-refractivity contribution in [1.82, 2.24) is 29.6 Å². The van der Waals surface area contributed by atoms with Crippen molar-refractivity contribution in [3.05, 3.63) is 65.5 Å². The number of halogens is 9. The Kier molecular flexibility index (Phi) is 13.6. The monoisotopic (exact) mass is 691 g/mol. The van der Waals surface area contributed by atoms with Crippen LogP contribution in [-0.4, -0.2) is 94.3 Å². The molecule has 0 unspecified atom stereocenters. The quantitative estimate of drug-likeness (QED) is 0.339. The highest BCUT2D eigenvalue weighted by molar-refractivity contribution is 5.94. The van der Waals surface area contributed by atoms with Crippen molar-refractivity contribution >= 4 is 29.8 Å². The third-order valence-electron chi connectivity index (χ3n) is 5.20. The molecule has 258 valence electrons. The van der Waals surface area contributed by atoms with E-state index in [1.807, 2.05) is 30.1 Å². The van der Waals surface area contributed by atoms with Crippen LogP contribution in [0.15, 0.2) is 42.9 Å². The Balaban J connectivity index is 0.000000430. The van der Waals surface area contributed by atoms with Crippen LogP contribution < -0.4 is 4.90 Å². The number of hydrogen-bond acceptors (Lipinski definition) is 9. The van der Waals surface area contributed by atoms with Gasteiger partial charge in [-0.2, -0.15) is 44.6 Å². The highest BCUT2D eigenvalue weighted by Gasteiger charge is 2.39. The summed E-state index contributed by atoms with van der Waals surface area (Å²) >= 11 is 0. The van der Waals surface area contributed by atoms with Gasteiger partial charge < -0.3 is 25.1 Å². The number of aromatic nitrogens is 5. The van der Waals surface area contributed by atoms with E-state index < -0.39 is 36.4 Å². The fourth-order valence-electron chi connectivity index (χ4n) is 3.15. The largest absolute Gasteiger partial charge is 0.490 e. The van der Waals surface area contributed by atoms with Crippen molar-refractivity contribution in [2.75, 3.05) is 11.9 Å². The molecule has 0 bridgehead atoms. The van der Waals surface area contributed by atoms with Gasteiger partial charge in [0.15, 0.2) is 5.69 Å². The van der Waals surface area contributed by atoms with Gasteiger partial charge in [0, 0.05) is 38.2 Å². The van der Waals surface area contributed by atoms with Crippen LogP contribution in [-0.2, 0) is 41.1 Å². The molecule has 0 fully saturated rings. The number of aliphatic carboxylic acids is 3. The molecule has 1 aliphatic rings. The smallest absolute Gasteiger partial charge is 0.475 e. The van der Waals surface area contributed by atoms with Crippen LogP contribution in [0.25, 0.3) is 0 Å². The van der Waals surface area contributed by atoms with Crippen LogP contribution >= 0.6 is 0 Å². The molecule has 4 heterocycles. The number of nitrogens with zero attached hydrogens (tertiary/aromatic N) is 7. The number of anilines is 1. The number of amides is 1. The van der Waals surface area contributed by atoms with Gasteiger partial charge in [-0.15, -0.1) is 0 Å². The molecule has 0 atom stereocenters. The van der Waals surface area contributed by atoms with Gasteiger partial charge in [-0.25, -0.2) is 24.4 Å². The van der Waals surface area contributed by atoms with Gasteiger partial charge in [-0.05, 0) is 18.2 Å². The highest BCUT2D eigenvalue weighted by Crippen LogP contribution is 2.28. The number of carbonyl (C=O) groups excluding carboxylic acids is 1. The second-order valence-electron chi connectivity index (χ2n) is 8.69. The zero-order chi connectivity index (χ0) is 36.3. The van der Waals surface area contributed by atoms with Gasteiger partial charge in [0.1, 0.15) is 0 Å². The topological polar surface area (TPSA) is 192 Å². The van der Waals surface area contributed by atoms with Crippen molar-refractivity contribution < 1.29 is 74.0 Å². The van der Waals surface area contributed by atoms with Crippen molar-refractivity contribution in [3.63, 3.8) is 0 Å². The number of carbonyl (C=O) groups is 4. The predicted molar refractivity (Wildman–Crippen MR) is 136 cm³/mol. The van der Waals surface area contributed by atoms with E-state index in [1.54, 1.807) is 41.3 Å². The molecule has 47 heavy (non-hydrogen) atoms. The minimum absolute atomic E-state index is 0.108. The number of hydrogen-bond donors (Lipinski definition) is 3. The first kappa shape index (κ1) is 39.5. The van der Waals surface area contributed by atoms with E-state index in [0.29, 0.717) is 31.3 Å². The molecule has 1 amide bonds. The van der Waals surface area contributed by atoms with E-state index in [4.69, 9.17) is 29.7 Å². The lowest BCUT2D eigenvalue weighted by molar-refractivity contribution is -0.193. The predicted octanol–water partition coefficient (Wildman–Crippen LogP) is 3.30. The number of carboxylic acids is 3. The van der Waals surface area contributed by atoms with Gasteiger partial charge in [0.2, 0.25) is 5.95 Å². The molecule has 0 saturated heterocycles. The number of aryl methyl sites for hydroxylation is 1. The van der Waals surface area contributed by atoms with Gasteiger partial charge in [0.05, 0.1) is 31.0 Å². The lowest BCUT2D eigenvalue weighted by Crippen LogP contribution is -2.28. The highest BCUT2D eigenvalue weighted by atomic mass is 19.4. The van der Waals surface area contributed by atoms with Gasteiger partial charge in [-0.1, -0.05) is 6.07 Å². The van der Waals surface area contributed by atoms with Crippen LogP contribution in [0.1, 0.15) is 27.4 Å². The Morgan fingerprint density at radius 2 is 1.21 bits per heavy atom. The molecule has 3 N–H and O–H groups in total. The van der Waals surface area contributed by atoms with Gasteiger partial charge >= 0.3 is 36.4 Å². The van der Waals surface area contributed by atoms with E-state index in [-0.39, 0.29) is 5.91 Å². The molecule has 3 aromatic rings. The zero-order valence-corrected chi connectivity index (χ0v) is 23.7. The van der Waals surface area contributed by atoms with E-state index in [0.717, 1.165) is 17.0 Å². The van der Waals surface area contributed by atoms with Gasteiger partial charge in [0.25, 0.3) is 5.91 Å². The Bertz CT molecular complexity index is 1460. The third kappa shape index (κ3) is 12.8. The minimum Gasteiger partial charge on any atom is -0.475 e. The van der Waals surface area contributed by atoms with Gasteiger partial charge in [-0.3, -0.25) is 14.5 Å². The fraction of sp³-hybridized carbons (Fsp3) is 0.333. The van der Waals surface area contributed by atoms with Crippen LogP contribution in [0.3, 0.4) is 0 Å². The first-order valence-corrected chi connectivity index (χ1v) is 12.1. The maximum absolute atomic E-state index is 12.9. The van der Waals surface area contributed by atoms with Crippen LogP contribution in [0.5, 0.6) is 0 Å². The second-order valence-corrected chi connectivity index (χ2v) is 8.69. The molecule has 0 spiro atoms. The Hall–Kier alpha value is -5.51. The molecule has 1 aliphatic heterocycles. The number of rotatable bonds is 4. The molecule has 0 radical (unpaired) electrons. The summed E-state index contributed by atoms with van der Waals surface area (Å²) in [4.78, 5) is 56.2. The molecule has 14 nitrogen and oxygen atoms in total. The van der Waals surface area contributed by atoms with E-state index in [2.05, 4.69) is 20.1 Å². The van der Waals surface area contributed by atoms with Crippen LogP contribution in [0.2, 0.25) is 0 Å². The Labute approximate surface area is 256 Å². The standard InChI is InChI=1S/C18H19N7O.3C2HF3O2/c1-23(10-13-6-3-4-7-19-13)17(26)16-14-11-25(12-15(14)24(2)22-16)18-20-8-5-9-21-18;3*3-2(4,5)1(6)7/h3-9H,10-12H2,1-2H3;3*(H,6,7). The summed E-state index contributed by atoms with van der Waals surface area (Å²) in [7, 11) is 3.63. The zero-order valence-electron chi connectivity index (χ0n) is 23.7. The second kappa shape index (κ2) is 16.2. The number of alkyl halides is 9. The average molecular weight is 691 g/mol. The normalized spacial score (nSPS) is 12.2. The third-order valence-corrected chi connectivity index (χ3v) is 5.20. The maximum atomic E-state index is 12.9. The summed E-state index contributed by atoms with van der Waals surface area (Å²) in [5.41, 5.74) is 3.29. The first-order chi connectivity index (χ1) is 21.5. The lowest BCUT2D eigenvalue weighted by Gasteiger charge is -2.17. The molecule has 4 rings (SSSR count). The van der Waals surface area contributed by atoms with Crippen LogP contribution in [0, 0.1) is 0 Å². The summed E-state index contributed by atoms with van der Waals surface area (Å²) in [6, 6.07) is 7.46. The van der Waals surface area contributed by atoms with Crippen molar-refractivity contribution in [3.8, 4) is 0 Å². The molecular formula is C24H22F9N7O7. The number of fused-ring (bicyclic) bond motifs is 1. The molecular weight excluding hydrogens is 669 g/mol. The fourth-order valence-corrected chi connectivity index (χ4v) is 3.15. The SMILES string of the molecule is CN(Cc1ccccn1)C(=O)c1nn(C)c2c1CN(c1ncccn1)C2.O=C(O)C(F)(F)F.O=C(O)C(F)(F)F.O=C(O)C(F)(F)F. The first-order valence-electron chi connectivity index (χ1n) is 12.1. The Morgan fingerprint density at radius 3 is 1.62 bits per heavy atom. The molecule has 3 aromatic heterocycles. The summed E-state index contributed by atoms with van der Waals surface area (Å²) in [5, 5.41) is 25.8. The summed E-state index contributed by atoms with van der Waals surface area (Å²) in [6.07, 6.45) is -10.1. The number of carboxylic acid groups (broad SMARTS) is 3. The van der Waals surface area contributed by atoms with Crippen molar-refractivity contribution in [1.29, 1.82) is 0 Å². The summed E-state index contributed by atoms with van der Waals surface area (Å²) in [6.45, 7) is 1.66. The van der Waals surface area contributed by atoms with E-state index in [9.17, 15) is 44.3 Å². The number of pyridine rings is 1. The van der Waals surface area contributed by atoms with E-state index in [1.165, 1.54) is 0 Å². The summed E-state index contributed by atoms with van der Waals surface area (Å²) in [5.74, 6) is -7.72. The van der Waals surface area contributed by atoms with E-state index >= 15 is 0 Å². The summed E-state index contributed by atoms with van der Waals surface area (Å²) < 4.78 is 97.0. The lowest BCUT2D eigenvalue weighted by atomic mass is 10.2. The minimum atomic E-state index is -5.08. The molecule has 0 saturated carbocycles. The average Bonchev–Trinajstić information content (AvgIpc) is 3.53. The van der Waals surface area contributed by atoms with Crippen LogP contribution in [0.4, 0.5) is 45.5 Å². The Morgan fingerprint density at radius 1 is 0.766 bits per heavy atom. The molecule has 0 aliphatic carbocycles. The van der Waals surface area contributed by atoms with Crippen molar-refractivity contribution in [2.24, 2.45) is 7.05 Å². The maximum Gasteiger partial charge on any atom is 0.490 e. The van der Waals surface area contributed by atoms with Crippen molar-refractivity contribution in [2.45, 2.75) is 38.2 Å². The molecule has 0 aromatic carbocycles.